The van der Waals surface area contributed by atoms with Crippen LogP contribution in [-0.4, -0.2) is 27.2 Å². The van der Waals surface area contributed by atoms with Crippen LogP contribution < -0.4 is 5.32 Å². The summed E-state index contributed by atoms with van der Waals surface area (Å²) in [4.78, 5) is 16.4. The molecule has 1 N–H and O–H groups in total. The van der Waals surface area contributed by atoms with E-state index in [1.807, 2.05) is 79.0 Å². The van der Waals surface area contributed by atoms with E-state index in [0.29, 0.717) is 0 Å². The number of carbonyl (C=O) groups excluding carboxylic acids is 1. The fourth-order valence-corrected chi connectivity index (χ4v) is 2.97. The minimum Gasteiger partial charge on any atom is -0.342 e. The Bertz CT molecular complexity index is 1230. The number of carbonyl (C=O) groups is 1. The third-order valence-corrected chi connectivity index (χ3v) is 4.47. The number of rotatable bonds is 5. The first-order valence-corrected chi connectivity index (χ1v) is 9.85. The van der Waals surface area contributed by atoms with Gasteiger partial charge in [0.25, 0.3) is 0 Å². The fourth-order valence-electron chi connectivity index (χ4n) is 2.97. The van der Waals surface area contributed by atoms with Crippen LogP contribution in [0, 0.1) is 11.8 Å². The Hall–Kier alpha value is -4.43. The van der Waals surface area contributed by atoms with Crippen LogP contribution in [0.15, 0.2) is 97.5 Å². The molecule has 0 spiro atoms. The van der Waals surface area contributed by atoms with Gasteiger partial charge in [0, 0.05) is 41.4 Å². The van der Waals surface area contributed by atoms with Gasteiger partial charge < -0.3 is 5.32 Å². The quantitative estimate of drug-likeness (QED) is 0.402. The molecule has 0 aliphatic heterocycles. The summed E-state index contributed by atoms with van der Waals surface area (Å²) in [5.74, 6) is 5.75. The van der Waals surface area contributed by atoms with Crippen LogP contribution in [0.5, 0.6) is 0 Å². The van der Waals surface area contributed by atoms with Gasteiger partial charge in [-0.2, -0.15) is 5.10 Å². The Morgan fingerprint density at radius 1 is 1.00 bits per heavy atom. The Kier molecular flexibility index (Phi) is 6.32. The Labute approximate surface area is 181 Å². The zero-order valence-electron chi connectivity index (χ0n) is 16.8. The number of hydrogen-bond acceptors (Lipinski definition) is 3. The highest BCUT2D eigenvalue weighted by Crippen LogP contribution is 2.24. The topological polar surface area (TPSA) is 59.8 Å². The van der Waals surface area contributed by atoms with E-state index in [1.165, 1.54) is 6.08 Å². The number of benzene rings is 2. The van der Waals surface area contributed by atoms with Gasteiger partial charge >= 0.3 is 0 Å². The number of pyridine rings is 1. The molecule has 5 heteroatoms. The second-order valence-electron chi connectivity index (χ2n) is 6.67. The van der Waals surface area contributed by atoms with Crippen LogP contribution in [0.1, 0.15) is 11.1 Å². The van der Waals surface area contributed by atoms with Gasteiger partial charge in [0.05, 0.1) is 12.2 Å². The molecule has 0 atom stereocenters. The van der Waals surface area contributed by atoms with E-state index in [2.05, 4.69) is 22.1 Å². The molecule has 4 rings (SSSR count). The van der Waals surface area contributed by atoms with Crippen molar-refractivity contribution in [1.82, 2.24) is 20.1 Å². The molecule has 31 heavy (non-hydrogen) atoms. The van der Waals surface area contributed by atoms with Crippen LogP contribution in [0.25, 0.3) is 23.0 Å². The number of nitrogens with one attached hydrogen (secondary N) is 1. The molecule has 0 aliphatic carbocycles. The van der Waals surface area contributed by atoms with E-state index in [4.69, 9.17) is 5.10 Å². The smallest absolute Gasteiger partial charge is 0.244 e. The summed E-state index contributed by atoms with van der Waals surface area (Å²) in [5, 5.41) is 7.49. The van der Waals surface area contributed by atoms with E-state index in [0.717, 1.165) is 28.1 Å². The van der Waals surface area contributed by atoms with Crippen molar-refractivity contribution in [2.24, 2.45) is 0 Å². The van der Waals surface area contributed by atoms with Crippen molar-refractivity contribution in [1.29, 1.82) is 0 Å². The fraction of sp³-hybridized carbons (Fsp3) is 0.0385. The minimum atomic E-state index is -0.216. The molecule has 2 aromatic carbocycles. The van der Waals surface area contributed by atoms with Crippen LogP contribution in [0.3, 0.4) is 0 Å². The monoisotopic (exact) mass is 404 g/mol. The lowest BCUT2D eigenvalue weighted by Gasteiger charge is -2.00. The predicted octanol–water partition coefficient (Wildman–Crippen LogP) is 4.12. The molecular formula is C26H20N4O. The average Bonchev–Trinajstić information content (AvgIpc) is 3.27. The van der Waals surface area contributed by atoms with E-state index in [1.54, 1.807) is 23.2 Å². The summed E-state index contributed by atoms with van der Waals surface area (Å²) in [7, 11) is 0. The van der Waals surface area contributed by atoms with E-state index in [9.17, 15) is 4.79 Å². The van der Waals surface area contributed by atoms with Crippen molar-refractivity contribution in [2.45, 2.75) is 0 Å². The zero-order chi connectivity index (χ0) is 21.3. The van der Waals surface area contributed by atoms with E-state index < -0.39 is 0 Å². The summed E-state index contributed by atoms with van der Waals surface area (Å²) in [6, 6.07) is 23.3. The Morgan fingerprint density at radius 2 is 1.77 bits per heavy atom. The first-order valence-electron chi connectivity index (χ1n) is 9.85. The van der Waals surface area contributed by atoms with Gasteiger partial charge in [0.15, 0.2) is 0 Å². The van der Waals surface area contributed by atoms with Crippen LogP contribution in [0.2, 0.25) is 0 Å². The first kappa shape index (κ1) is 19.9. The van der Waals surface area contributed by atoms with Gasteiger partial charge in [-0.15, -0.1) is 0 Å². The molecule has 2 heterocycles. The van der Waals surface area contributed by atoms with E-state index >= 15 is 0 Å². The van der Waals surface area contributed by atoms with Gasteiger partial charge in [-0.25, -0.2) is 4.68 Å². The van der Waals surface area contributed by atoms with Crippen LogP contribution in [0.4, 0.5) is 0 Å². The molecule has 0 unspecified atom stereocenters. The number of para-hydroxylation sites is 1. The van der Waals surface area contributed by atoms with Gasteiger partial charge in [0.2, 0.25) is 5.91 Å². The van der Waals surface area contributed by atoms with Gasteiger partial charge in [-0.05, 0) is 42.5 Å². The third-order valence-electron chi connectivity index (χ3n) is 4.47. The second kappa shape index (κ2) is 9.86. The summed E-state index contributed by atoms with van der Waals surface area (Å²) in [5.41, 5.74) is 4.31. The number of nitrogens with zero attached hydrogens (tertiary/aromatic N) is 3. The van der Waals surface area contributed by atoms with Crippen molar-refractivity contribution in [3.05, 3.63) is 109 Å². The average molecular weight is 404 g/mol. The van der Waals surface area contributed by atoms with Gasteiger partial charge in [-0.3, -0.25) is 9.78 Å². The number of amides is 1. The maximum absolute atomic E-state index is 12.2. The number of hydrogen-bond donors (Lipinski definition) is 1. The molecule has 1 amide bonds. The number of aromatic nitrogens is 3. The molecule has 0 saturated heterocycles. The van der Waals surface area contributed by atoms with Crippen molar-refractivity contribution in [3.63, 3.8) is 0 Å². The zero-order valence-corrected chi connectivity index (χ0v) is 16.8. The second-order valence-corrected chi connectivity index (χ2v) is 6.67. The largest absolute Gasteiger partial charge is 0.342 e. The molecule has 0 bridgehead atoms. The van der Waals surface area contributed by atoms with Crippen molar-refractivity contribution in [2.75, 3.05) is 6.54 Å². The Morgan fingerprint density at radius 3 is 2.52 bits per heavy atom. The summed E-state index contributed by atoms with van der Waals surface area (Å²) < 4.78 is 1.80. The highest BCUT2D eigenvalue weighted by Gasteiger charge is 2.11. The standard InChI is InChI=1S/C26H20N4O/c31-25(28-18-7-11-21-9-3-1-4-10-21)16-15-23-20-30(24-13-5-2-6-14-24)29-26(23)22-12-8-17-27-19-22/h1-6,8-10,12-17,19-20H,18H2,(H,28,31)/b16-15+. The molecule has 0 radical (unpaired) electrons. The molecule has 0 saturated carbocycles. The Balaban J connectivity index is 1.50. The lowest BCUT2D eigenvalue weighted by atomic mass is 10.1. The normalized spacial score (nSPS) is 10.5. The molecule has 0 fully saturated rings. The van der Waals surface area contributed by atoms with Crippen molar-refractivity contribution >= 4 is 12.0 Å². The van der Waals surface area contributed by atoms with Crippen LogP contribution >= 0.6 is 0 Å². The maximum Gasteiger partial charge on any atom is 0.244 e. The minimum absolute atomic E-state index is 0.216. The van der Waals surface area contributed by atoms with Crippen LogP contribution in [-0.2, 0) is 4.79 Å². The molecule has 150 valence electrons. The highest BCUT2D eigenvalue weighted by molar-refractivity contribution is 5.93. The lowest BCUT2D eigenvalue weighted by Crippen LogP contribution is -2.20. The maximum atomic E-state index is 12.2. The SMILES string of the molecule is O=C(/C=C/c1cn(-c2ccccc2)nc1-c1cccnc1)NCC#Cc1ccccc1. The summed E-state index contributed by atoms with van der Waals surface area (Å²) in [6.07, 6.45) is 8.63. The van der Waals surface area contributed by atoms with Crippen molar-refractivity contribution in [3.8, 4) is 28.8 Å². The summed E-state index contributed by atoms with van der Waals surface area (Å²) in [6.45, 7) is 0.275. The molecule has 4 aromatic rings. The molecule has 5 nitrogen and oxygen atoms in total. The molecule has 0 aliphatic rings. The molecule has 2 aromatic heterocycles. The van der Waals surface area contributed by atoms with Gasteiger partial charge in [-0.1, -0.05) is 48.2 Å². The highest BCUT2D eigenvalue weighted by atomic mass is 16.1. The third kappa shape index (κ3) is 5.34. The van der Waals surface area contributed by atoms with E-state index in [-0.39, 0.29) is 12.5 Å². The first-order chi connectivity index (χ1) is 15.3. The lowest BCUT2D eigenvalue weighted by molar-refractivity contribution is -0.116. The van der Waals surface area contributed by atoms with Gasteiger partial charge in [0.1, 0.15) is 5.69 Å². The summed E-state index contributed by atoms with van der Waals surface area (Å²) >= 11 is 0. The predicted molar refractivity (Wildman–Crippen MR) is 122 cm³/mol. The molecular weight excluding hydrogens is 384 g/mol. The van der Waals surface area contributed by atoms with Crippen molar-refractivity contribution < 1.29 is 4.79 Å².